The van der Waals surface area contributed by atoms with Crippen LogP contribution in [0.5, 0.6) is 0 Å². The summed E-state index contributed by atoms with van der Waals surface area (Å²) < 4.78 is 6.01. The summed E-state index contributed by atoms with van der Waals surface area (Å²) in [6.45, 7) is 7.07. The first-order chi connectivity index (χ1) is 7.18. The third kappa shape index (κ3) is 4.75. The summed E-state index contributed by atoms with van der Waals surface area (Å²) >= 11 is 2.05. The summed E-state index contributed by atoms with van der Waals surface area (Å²) in [5.41, 5.74) is 5.86. The Balaban J connectivity index is 2.07. The fourth-order valence-corrected chi connectivity index (χ4v) is 3.25. The summed E-state index contributed by atoms with van der Waals surface area (Å²) in [4.78, 5) is 0. The largest absolute Gasteiger partial charge is 0.381 e. The second-order valence-corrected chi connectivity index (χ2v) is 6.45. The van der Waals surface area contributed by atoms with Crippen molar-refractivity contribution >= 4 is 11.8 Å². The van der Waals surface area contributed by atoms with Crippen molar-refractivity contribution in [3.63, 3.8) is 0 Å². The van der Waals surface area contributed by atoms with E-state index < -0.39 is 0 Å². The molecule has 0 amide bonds. The Bertz CT molecular complexity index is 167. The van der Waals surface area contributed by atoms with E-state index in [0.29, 0.717) is 4.75 Å². The molecule has 1 fully saturated rings. The number of thioether (sulfide) groups is 1. The lowest BCUT2D eigenvalue weighted by atomic mass is 10.00. The first-order valence-electron chi connectivity index (χ1n) is 6.10. The Morgan fingerprint density at radius 1 is 1.40 bits per heavy atom. The quantitative estimate of drug-likeness (QED) is 0.684. The molecule has 0 bridgehead atoms. The molecule has 0 aromatic heterocycles. The van der Waals surface area contributed by atoms with E-state index >= 15 is 0 Å². The molecule has 0 spiro atoms. The monoisotopic (exact) mass is 231 g/mol. The summed E-state index contributed by atoms with van der Waals surface area (Å²) in [5, 5.41) is 0. The van der Waals surface area contributed by atoms with Gasteiger partial charge in [0.25, 0.3) is 0 Å². The third-order valence-electron chi connectivity index (χ3n) is 3.10. The summed E-state index contributed by atoms with van der Waals surface area (Å²) in [6, 6.07) is 0. The molecule has 1 heterocycles. The molecule has 1 aliphatic heterocycles. The molecule has 1 rings (SSSR count). The van der Waals surface area contributed by atoms with Crippen LogP contribution in [0, 0.1) is 5.92 Å². The van der Waals surface area contributed by atoms with E-state index in [9.17, 15) is 0 Å². The maximum absolute atomic E-state index is 5.86. The Kier molecular flexibility index (Phi) is 6.02. The molecule has 0 aliphatic carbocycles. The van der Waals surface area contributed by atoms with Gasteiger partial charge in [0, 0.05) is 24.5 Å². The minimum Gasteiger partial charge on any atom is -0.381 e. The second kappa shape index (κ2) is 6.77. The van der Waals surface area contributed by atoms with Crippen LogP contribution in [0.25, 0.3) is 0 Å². The van der Waals surface area contributed by atoms with Crippen molar-refractivity contribution in [2.45, 2.75) is 44.3 Å². The fourth-order valence-electron chi connectivity index (χ4n) is 1.89. The van der Waals surface area contributed by atoms with Gasteiger partial charge in [-0.2, -0.15) is 11.8 Å². The molecule has 0 saturated carbocycles. The molecule has 15 heavy (non-hydrogen) atoms. The third-order valence-corrected chi connectivity index (χ3v) is 4.78. The predicted molar refractivity (Wildman–Crippen MR) is 68.4 cm³/mol. The number of ether oxygens (including phenoxy) is 1. The summed E-state index contributed by atoms with van der Waals surface area (Å²) in [6.07, 6.45) is 4.91. The maximum Gasteiger partial charge on any atom is 0.0479 e. The molecule has 0 aromatic carbocycles. The molecule has 1 atom stereocenters. The van der Waals surface area contributed by atoms with Gasteiger partial charge in [0.15, 0.2) is 0 Å². The van der Waals surface area contributed by atoms with E-state index in [-0.39, 0.29) is 0 Å². The van der Waals surface area contributed by atoms with Crippen LogP contribution in [0.4, 0.5) is 0 Å². The maximum atomic E-state index is 5.86. The first kappa shape index (κ1) is 13.3. The van der Waals surface area contributed by atoms with Crippen molar-refractivity contribution < 1.29 is 4.74 Å². The van der Waals surface area contributed by atoms with Gasteiger partial charge in [0.05, 0.1) is 0 Å². The van der Waals surface area contributed by atoms with E-state index in [1.807, 2.05) is 11.8 Å². The smallest absolute Gasteiger partial charge is 0.0479 e. The molecule has 2 N–H and O–H groups in total. The van der Waals surface area contributed by atoms with Crippen molar-refractivity contribution in [3.8, 4) is 0 Å². The van der Waals surface area contributed by atoms with Crippen LogP contribution < -0.4 is 5.73 Å². The Hall–Kier alpha value is 0.270. The standard InChI is InChI=1S/C12H25NOS/c1-11(2)4-7-14-8-6-12(10-13)5-3-9-15-12/h11H,3-10,13H2,1-2H3. The van der Waals surface area contributed by atoms with Gasteiger partial charge >= 0.3 is 0 Å². The number of hydrogen-bond acceptors (Lipinski definition) is 3. The molecule has 0 aromatic rings. The number of nitrogens with two attached hydrogens (primary N) is 1. The zero-order valence-electron chi connectivity index (χ0n) is 10.1. The van der Waals surface area contributed by atoms with Crippen molar-refractivity contribution in [3.05, 3.63) is 0 Å². The lowest BCUT2D eigenvalue weighted by molar-refractivity contribution is 0.114. The second-order valence-electron chi connectivity index (χ2n) is 4.88. The van der Waals surface area contributed by atoms with Crippen LogP contribution in [0.2, 0.25) is 0 Å². The van der Waals surface area contributed by atoms with Crippen molar-refractivity contribution in [2.75, 3.05) is 25.5 Å². The molecule has 1 saturated heterocycles. The number of rotatable bonds is 7. The van der Waals surface area contributed by atoms with E-state index in [1.54, 1.807) is 0 Å². The molecule has 1 aliphatic rings. The molecular formula is C12H25NOS. The van der Waals surface area contributed by atoms with Crippen molar-refractivity contribution in [1.82, 2.24) is 0 Å². The Morgan fingerprint density at radius 2 is 2.20 bits per heavy atom. The van der Waals surface area contributed by atoms with Crippen molar-refractivity contribution in [1.29, 1.82) is 0 Å². The molecule has 90 valence electrons. The van der Waals surface area contributed by atoms with Gasteiger partial charge in [-0.15, -0.1) is 0 Å². The van der Waals surface area contributed by atoms with Crippen molar-refractivity contribution in [2.24, 2.45) is 11.7 Å². The van der Waals surface area contributed by atoms with E-state index in [0.717, 1.165) is 32.1 Å². The van der Waals surface area contributed by atoms with Gasteiger partial charge in [-0.1, -0.05) is 13.8 Å². The van der Waals surface area contributed by atoms with Crippen LogP contribution >= 0.6 is 11.8 Å². The lowest BCUT2D eigenvalue weighted by Gasteiger charge is -2.26. The van der Waals surface area contributed by atoms with Crippen LogP contribution in [0.1, 0.15) is 39.5 Å². The SMILES string of the molecule is CC(C)CCOCCC1(CN)CCCS1. The molecular weight excluding hydrogens is 206 g/mol. The molecule has 2 nitrogen and oxygen atoms in total. The predicted octanol–water partition coefficient (Wildman–Crippen LogP) is 2.66. The lowest BCUT2D eigenvalue weighted by Crippen LogP contribution is -2.33. The van der Waals surface area contributed by atoms with E-state index in [2.05, 4.69) is 13.8 Å². The van der Waals surface area contributed by atoms with Gasteiger partial charge in [0.1, 0.15) is 0 Å². The topological polar surface area (TPSA) is 35.2 Å². The van der Waals surface area contributed by atoms with Gasteiger partial charge < -0.3 is 10.5 Å². The van der Waals surface area contributed by atoms with Crippen LogP contribution in [-0.4, -0.2) is 30.3 Å². The van der Waals surface area contributed by atoms with Gasteiger partial charge in [0.2, 0.25) is 0 Å². The van der Waals surface area contributed by atoms with Gasteiger partial charge in [-0.05, 0) is 37.4 Å². The number of hydrogen-bond donors (Lipinski definition) is 1. The van der Waals surface area contributed by atoms with Crippen LogP contribution in [0.3, 0.4) is 0 Å². The van der Waals surface area contributed by atoms with E-state index in [1.165, 1.54) is 25.0 Å². The highest BCUT2D eigenvalue weighted by Crippen LogP contribution is 2.39. The fraction of sp³-hybridized carbons (Fsp3) is 1.00. The Labute approximate surface area is 98.3 Å². The van der Waals surface area contributed by atoms with Crippen LogP contribution in [-0.2, 0) is 4.74 Å². The van der Waals surface area contributed by atoms with Crippen LogP contribution in [0.15, 0.2) is 0 Å². The summed E-state index contributed by atoms with van der Waals surface area (Å²) in [7, 11) is 0. The zero-order valence-corrected chi connectivity index (χ0v) is 10.9. The molecule has 3 heteroatoms. The molecule has 1 unspecified atom stereocenters. The highest BCUT2D eigenvalue weighted by molar-refractivity contribution is 8.00. The minimum absolute atomic E-state index is 0.345. The highest BCUT2D eigenvalue weighted by atomic mass is 32.2. The summed E-state index contributed by atoms with van der Waals surface area (Å²) in [5.74, 6) is 2.03. The highest BCUT2D eigenvalue weighted by Gasteiger charge is 2.32. The Morgan fingerprint density at radius 3 is 2.73 bits per heavy atom. The van der Waals surface area contributed by atoms with Gasteiger partial charge in [-0.25, -0.2) is 0 Å². The minimum atomic E-state index is 0.345. The zero-order chi connectivity index (χ0) is 11.1. The first-order valence-corrected chi connectivity index (χ1v) is 7.09. The van der Waals surface area contributed by atoms with E-state index in [4.69, 9.17) is 10.5 Å². The molecule has 0 radical (unpaired) electrons. The average molecular weight is 231 g/mol. The average Bonchev–Trinajstić information content (AvgIpc) is 2.66. The van der Waals surface area contributed by atoms with Gasteiger partial charge in [-0.3, -0.25) is 0 Å². The normalized spacial score (nSPS) is 26.4.